The van der Waals surface area contributed by atoms with Gasteiger partial charge in [-0.2, -0.15) is 0 Å². The highest BCUT2D eigenvalue weighted by Crippen LogP contribution is 2.35. The van der Waals surface area contributed by atoms with Crippen molar-refractivity contribution in [1.29, 1.82) is 0 Å². The summed E-state index contributed by atoms with van der Waals surface area (Å²) in [6.45, 7) is 6.19. The van der Waals surface area contributed by atoms with Gasteiger partial charge in [0, 0.05) is 31.8 Å². The molecule has 1 aliphatic rings. The molecule has 0 aliphatic carbocycles. The lowest BCUT2D eigenvalue weighted by atomic mass is 10.0. The number of nitrogens with one attached hydrogen (secondary N) is 2. The van der Waals surface area contributed by atoms with Crippen molar-refractivity contribution < 1.29 is 4.74 Å². The predicted molar refractivity (Wildman–Crippen MR) is 83.5 cm³/mol. The maximum Gasteiger partial charge on any atom is 0.123 e. The number of aromatic nitrogens is 2. The number of nitrogens with zero attached hydrogens (tertiary/aromatic N) is 1. The fourth-order valence-corrected chi connectivity index (χ4v) is 2.82. The van der Waals surface area contributed by atoms with E-state index in [2.05, 4.69) is 47.3 Å². The molecule has 0 bridgehead atoms. The number of rotatable bonds is 6. The Labute approximate surface area is 125 Å². The first kappa shape index (κ1) is 14.1. The van der Waals surface area contributed by atoms with Gasteiger partial charge in [0.05, 0.1) is 0 Å². The van der Waals surface area contributed by atoms with E-state index in [4.69, 9.17) is 4.74 Å². The summed E-state index contributed by atoms with van der Waals surface area (Å²) < 4.78 is 5.90. The fraction of sp³-hybridized carbons (Fsp3) is 0.471. The first-order valence-electron chi connectivity index (χ1n) is 7.62. The Morgan fingerprint density at radius 1 is 1.38 bits per heavy atom. The van der Waals surface area contributed by atoms with Gasteiger partial charge in [-0.1, -0.05) is 12.1 Å². The number of imidazole rings is 1. The zero-order chi connectivity index (χ0) is 14.7. The van der Waals surface area contributed by atoms with Gasteiger partial charge in [0.25, 0.3) is 0 Å². The lowest BCUT2D eigenvalue weighted by molar-refractivity contribution is 0.138. The number of fused-ring (bicyclic) bond motifs is 1. The van der Waals surface area contributed by atoms with Crippen molar-refractivity contribution in [3.63, 3.8) is 0 Å². The van der Waals surface area contributed by atoms with Gasteiger partial charge in [0.15, 0.2) is 0 Å². The molecule has 0 radical (unpaired) electrons. The molecule has 3 rings (SSSR count). The van der Waals surface area contributed by atoms with Crippen molar-refractivity contribution in [3.8, 4) is 5.75 Å². The zero-order valence-electron chi connectivity index (χ0n) is 12.8. The van der Waals surface area contributed by atoms with E-state index in [9.17, 15) is 0 Å². The van der Waals surface area contributed by atoms with Crippen LogP contribution in [0.15, 0.2) is 30.6 Å². The molecule has 0 saturated carbocycles. The van der Waals surface area contributed by atoms with E-state index in [1.165, 1.54) is 11.1 Å². The maximum atomic E-state index is 5.90. The minimum Gasteiger partial charge on any atom is -0.487 e. The fourth-order valence-electron chi connectivity index (χ4n) is 2.82. The van der Waals surface area contributed by atoms with Gasteiger partial charge in [-0.25, -0.2) is 4.98 Å². The molecule has 1 aliphatic heterocycles. The summed E-state index contributed by atoms with van der Waals surface area (Å²) in [6, 6.07) is 6.52. The van der Waals surface area contributed by atoms with Crippen LogP contribution in [0.2, 0.25) is 0 Å². The predicted octanol–water partition coefficient (Wildman–Crippen LogP) is 2.85. The van der Waals surface area contributed by atoms with E-state index in [1.807, 2.05) is 6.20 Å². The maximum absolute atomic E-state index is 5.90. The highest BCUT2D eigenvalue weighted by atomic mass is 16.5. The van der Waals surface area contributed by atoms with Crippen molar-refractivity contribution >= 4 is 0 Å². The van der Waals surface area contributed by atoms with Gasteiger partial charge in [-0.15, -0.1) is 0 Å². The Morgan fingerprint density at radius 3 is 3.10 bits per heavy atom. The van der Waals surface area contributed by atoms with Gasteiger partial charge in [-0.3, -0.25) is 0 Å². The molecule has 0 saturated heterocycles. The lowest BCUT2D eigenvalue weighted by Crippen LogP contribution is -2.24. The summed E-state index contributed by atoms with van der Waals surface area (Å²) in [6.07, 6.45) is 6.75. The lowest BCUT2D eigenvalue weighted by Gasteiger charge is -2.16. The third kappa shape index (κ3) is 3.64. The van der Waals surface area contributed by atoms with E-state index in [0.29, 0.717) is 0 Å². The van der Waals surface area contributed by atoms with Crippen molar-refractivity contribution in [2.24, 2.45) is 0 Å². The van der Waals surface area contributed by atoms with Crippen LogP contribution in [0.4, 0.5) is 0 Å². The van der Waals surface area contributed by atoms with Crippen molar-refractivity contribution in [3.05, 3.63) is 47.5 Å². The molecule has 2 N–H and O–H groups in total. The molecule has 0 fully saturated rings. The average molecular weight is 285 g/mol. The Kier molecular flexibility index (Phi) is 3.97. The first-order valence-corrected chi connectivity index (χ1v) is 7.62. The Hall–Kier alpha value is -1.81. The largest absolute Gasteiger partial charge is 0.487 e. The summed E-state index contributed by atoms with van der Waals surface area (Å²) in [5.41, 5.74) is 2.60. The molecule has 21 heavy (non-hydrogen) atoms. The minimum atomic E-state index is -0.0581. The third-order valence-corrected chi connectivity index (χ3v) is 3.78. The molecular formula is C17H23N3O. The second kappa shape index (κ2) is 5.90. The van der Waals surface area contributed by atoms with E-state index in [-0.39, 0.29) is 5.60 Å². The molecule has 1 aromatic heterocycles. The third-order valence-electron chi connectivity index (χ3n) is 3.78. The molecule has 4 nitrogen and oxygen atoms in total. The van der Waals surface area contributed by atoms with Gasteiger partial charge in [0.2, 0.25) is 0 Å². The number of aromatic amines is 1. The van der Waals surface area contributed by atoms with Crippen LogP contribution >= 0.6 is 0 Å². The van der Waals surface area contributed by atoms with Crippen molar-refractivity contribution in [2.75, 3.05) is 6.54 Å². The summed E-state index contributed by atoms with van der Waals surface area (Å²) in [5.74, 6) is 2.11. The van der Waals surface area contributed by atoms with Crippen molar-refractivity contribution in [1.82, 2.24) is 15.3 Å². The minimum absolute atomic E-state index is 0.0581. The molecule has 2 aromatic rings. The number of H-pyrrole nitrogens is 1. The van der Waals surface area contributed by atoms with E-state index < -0.39 is 0 Å². The van der Waals surface area contributed by atoms with Crippen LogP contribution < -0.4 is 10.1 Å². The summed E-state index contributed by atoms with van der Waals surface area (Å²) >= 11 is 0. The number of benzene rings is 1. The highest BCUT2D eigenvalue weighted by Gasteiger charge is 2.29. The molecule has 0 unspecified atom stereocenters. The van der Waals surface area contributed by atoms with E-state index >= 15 is 0 Å². The monoisotopic (exact) mass is 285 g/mol. The zero-order valence-corrected chi connectivity index (χ0v) is 12.8. The Morgan fingerprint density at radius 2 is 2.29 bits per heavy atom. The van der Waals surface area contributed by atoms with Crippen LogP contribution in [0.1, 0.15) is 37.2 Å². The second-order valence-corrected chi connectivity index (χ2v) is 6.30. The highest BCUT2D eigenvalue weighted by molar-refractivity contribution is 5.41. The van der Waals surface area contributed by atoms with Crippen molar-refractivity contribution in [2.45, 2.75) is 45.3 Å². The summed E-state index contributed by atoms with van der Waals surface area (Å²) in [7, 11) is 0. The molecular weight excluding hydrogens is 262 g/mol. The van der Waals surface area contributed by atoms with Gasteiger partial charge >= 0.3 is 0 Å². The molecule has 0 atom stereocenters. The van der Waals surface area contributed by atoms with Gasteiger partial charge < -0.3 is 15.0 Å². The molecule has 1 aromatic carbocycles. The normalized spacial score (nSPS) is 15.7. The Bertz CT molecular complexity index is 590. The molecule has 4 heteroatoms. The number of aryl methyl sites for hydroxylation is 1. The Balaban J connectivity index is 1.44. The topological polar surface area (TPSA) is 49.9 Å². The molecule has 0 amide bonds. The second-order valence-electron chi connectivity index (χ2n) is 6.30. The molecule has 112 valence electrons. The number of ether oxygens (including phenoxy) is 1. The number of hydrogen-bond acceptors (Lipinski definition) is 3. The number of hydrogen-bond donors (Lipinski definition) is 2. The summed E-state index contributed by atoms with van der Waals surface area (Å²) in [5, 5.41) is 3.49. The van der Waals surface area contributed by atoms with Gasteiger partial charge in [-0.05, 0) is 44.0 Å². The van der Waals surface area contributed by atoms with Crippen LogP contribution in [0.25, 0.3) is 0 Å². The van der Waals surface area contributed by atoms with Crippen LogP contribution in [-0.4, -0.2) is 22.1 Å². The smallest absolute Gasteiger partial charge is 0.123 e. The molecule has 2 heterocycles. The van der Waals surface area contributed by atoms with Crippen LogP contribution in [0.5, 0.6) is 5.75 Å². The summed E-state index contributed by atoms with van der Waals surface area (Å²) in [4.78, 5) is 7.36. The van der Waals surface area contributed by atoms with Crippen LogP contribution in [0, 0.1) is 0 Å². The van der Waals surface area contributed by atoms with Gasteiger partial charge in [0.1, 0.15) is 17.2 Å². The molecule has 0 spiro atoms. The average Bonchev–Trinajstić information content (AvgIpc) is 3.03. The quantitative estimate of drug-likeness (QED) is 0.802. The first-order chi connectivity index (χ1) is 10.1. The van der Waals surface area contributed by atoms with Crippen LogP contribution in [0.3, 0.4) is 0 Å². The van der Waals surface area contributed by atoms with E-state index in [1.54, 1.807) is 6.20 Å². The SMILES string of the molecule is CC1(C)Cc2cc(CNCCCc3ncc[nH]3)ccc2O1. The van der Waals surface area contributed by atoms with E-state index in [0.717, 1.165) is 43.9 Å². The van der Waals surface area contributed by atoms with Crippen LogP contribution in [-0.2, 0) is 19.4 Å². The standard InChI is InChI=1S/C17H23N3O/c1-17(2)11-14-10-13(5-6-15(14)21-17)12-18-7-3-4-16-19-8-9-20-16/h5-6,8-10,18H,3-4,7,11-12H2,1-2H3,(H,19,20).